The molecular formula is C32H40Cl2N6O4. The smallest absolute Gasteiger partial charge is 0.244 e. The van der Waals surface area contributed by atoms with Gasteiger partial charge in [0.2, 0.25) is 24.1 Å². The van der Waals surface area contributed by atoms with Gasteiger partial charge >= 0.3 is 0 Å². The highest BCUT2D eigenvalue weighted by molar-refractivity contribution is 6.30. The Morgan fingerprint density at radius 3 is 2.55 bits per heavy atom. The van der Waals surface area contributed by atoms with Gasteiger partial charge in [-0.15, -0.1) is 10.2 Å². The van der Waals surface area contributed by atoms with Gasteiger partial charge in [0.05, 0.1) is 24.1 Å². The lowest BCUT2D eigenvalue weighted by Gasteiger charge is -2.52. The molecule has 3 fully saturated rings. The van der Waals surface area contributed by atoms with Crippen LogP contribution in [0.15, 0.2) is 63.0 Å². The van der Waals surface area contributed by atoms with Crippen molar-refractivity contribution >= 4 is 41.7 Å². The second-order valence-corrected chi connectivity index (χ2v) is 13.8. The first-order valence-electron chi connectivity index (χ1n) is 14.9. The number of allylic oxidation sites excluding steroid dienone is 2. The average molecular weight is 644 g/mol. The molecule has 5 rings (SSSR count). The SMILES string of the molecule is C=N/C(Cl)=C\C=C(/C)[C@]1(C(N)=O)[C@@H](c2cccc(Cl)c2)[C@H](C(=O)N[C@@H]2CC[C@@H](c3nnco3)OC2)NC12CCC(C)(C)CC2. The van der Waals surface area contributed by atoms with E-state index in [9.17, 15) is 9.59 Å². The molecule has 2 saturated heterocycles. The Morgan fingerprint density at radius 1 is 1.20 bits per heavy atom. The third-order valence-electron chi connectivity index (χ3n) is 9.84. The fraction of sp³-hybridized carbons (Fsp3) is 0.531. The highest BCUT2D eigenvalue weighted by atomic mass is 35.5. The highest BCUT2D eigenvalue weighted by Crippen LogP contribution is 2.62. The molecule has 10 nitrogen and oxygen atoms in total. The minimum Gasteiger partial charge on any atom is -0.425 e. The molecule has 1 aromatic carbocycles. The van der Waals surface area contributed by atoms with Gasteiger partial charge in [-0.05, 0) is 81.4 Å². The first-order chi connectivity index (χ1) is 20.9. The van der Waals surface area contributed by atoms with Gasteiger partial charge in [0.15, 0.2) is 0 Å². The number of carbonyl (C=O) groups is 2. The van der Waals surface area contributed by atoms with E-state index in [1.165, 1.54) is 6.39 Å². The van der Waals surface area contributed by atoms with E-state index in [4.69, 9.17) is 38.1 Å². The predicted molar refractivity (Wildman–Crippen MR) is 169 cm³/mol. The minimum atomic E-state index is -1.29. The van der Waals surface area contributed by atoms with Crippen molar-refractivity contribution < 1.29 is 18.7 Å². The Morgan fingerprint density at radius 2 is 1.95 bits per heavy atom. The Bertz CT molecular complexity index is 1440. The Kier molecular flexibility index (Phi) is 9.37. The molecule has 5 atom stereocenters. The van der Waals surface area contributed by atoms with E-state index in [-0.39, 0.29) is 35.2 Å². The lowest BCUT2D eigenvalue weighted by molar-refractivity contribution is -0.131. The number of hydrogen-bond donors (Lipinski definition) is 3. The number of aliphatic imine (C=N–C) groups is 1. The summed E-state index contributed by atoms with van der Waals surface area (Å²) < 4.78 is 11.3. The zero-order valence-electron chi connectivity index (χ0n) is 25.3. The maximum Gasteiger partial charge on any atom is 0.244 e. The number of benzene rings is 1. The minimum absolute atomic E-state index is 0.0736. The van der Waals surface area contributed by atoms with Gasteiger partial charge in [0, 0.05) is 16.5 Å². The van der Waals surface area contributed by atoms with Gasteiger partial charge < -0.3 is 20.2 Å². The summed E-state index contributed by atoms with van der Waals surface area (Å²) in [5, 5.41) is 15.3. The number of nitrogens with one attached hydrogen (secondary N) is 2. The van der Waals surface area contributed by atoms with Crippen molar-refractivity contribution in [3.05, 3.63) is 70.0 Å². The van der Waals surface area contributed by atoms with Crippen LogP contribution < -0.4 is 16.4 Å². The molecule has 0 bridgehead atoms. The molecule has 1 aromatic heterocycles. The van der Waals surface area contributed by atoms with Crippen LogP contribution in [-0.2, 0) is 14.3 Å². The van der Waals surface area contributed by atoms with Gasteiger partial charge in [-0.25, -0.2) is 0 Å². The van der Waals surface area contributed by atoms with Crippen molar-refractivity contribution in [2.75, 3.05) is 6.61 Å². The molecule has 1 spiro atoms. The lowest BCUT2D eigenvalue weighted by Crippen LogP contribution is -2.62. The second-order valence-electron chi connectivity index (χ2n) is 13.0. The molecule has 1 saturated carbocycles. The normalized spacial score (nSPS) is 30.2. The van der Waals surface area contributed by atoms with Gasteiger partial charge in [0.25, 0.3) is 0 Å². The van der Waals surface area contributed by atoms with E-state index >= 15 is 0 Å². The van der Waals surface area contributed by atoms with Crippen molar-refractivity contribution in [1.82, 2.24) is 20.8 Å². The molecule has 236 valence electrons. The van der Waals surface area contributed by atoms with Crippen LogP contribution in [0, 0.1) is 10.8 Å². The fourth-order valence-corrected chi connectivity index (χ4v) is 7.81. The molecule has 2 amide bonds. The Hall–Kier alpha value is -3.05. The van der Waals surface area contributed by atoms with E-state index in [0.29, 0.717) is 42.2 Å². The van der Waals surface area contributed by atoms with E-state index in [1.54, 1.807) is 18.2 Å². The first-order valence-corrected chi connectivity index (χ1v) is 15.7. The lowest BCUT2D eigenvalue weighted by atomic mass is 9.52. The van der Waals surface area contributed by atoms with E-state index in [1.807, 2.05) is 25.1 Å². The molecule has 1 aliphatic carbocycles. The van der Waals surface area contributed by atoms with Crippen molar-refractivity contribution in [2.24, 2.45) is 21.6 Å². The number of amides is 2. The van der Waals surface area contributed by atoms with Crippen LogP contribution in [0.4, 0.5) is 0 Å². The van der Waals surface area contributed by atoms with Crippen LogP contribution in [0.25, 0.3) is 0 Å². The largest absolute Gasteiger partial charge is 0.425 e. The Labute approximate surface area is 267 Å². The molecule has 44 heavy (non-hydrogen) atoms. The van der Waals surface area contributed by atoms with Crippen LogP contribution in [0.2, 0.25) is 5.02 Å². The number of nitrogens with two attached hydrogens (primary N) is 1. The van der Waals surface area contributed by atoms with E-state index < -0.39 is 28.8 Å². The number of halogens is 2. The fourth-order valence-electron chi connectivity index (χ4n) is 7.55. The van der Waals surface area contributed by atoms with Crippen molar-refractivity contribution in [3.8, 4) is 0 Å². The summed E-state index contributed by atoms with van der Waals surface area (Å²) in [6, 6.07) is 6.28. The number of primary amides is 1. The number of ether oxygens (including phenoxy) is 1. The number of aromatic nitrogens is 2. The third-order valence-corrected chi connectivity index (χ3v) is 10.3. The van der Waals surface area contributed by atoms with E-state index in [0.717, 1.165) is 18.4 Å². The van der Waals surface area contributed by atoms with Crippen LogP contribution in [-0.4, -0.2) is 53.0 Å². The summed E-state index contributed by atoms with van der Waals surface area (Å²) in [6.07, 6.45) is 8.58. The molecule has 12 heteroatoms. The van der Waals surface area contributed by atoms with Crippen LogP contribution >= 0.6 is 23.2 Å². The molecule has 2 aliphatic heterocycles. The maximum absolute atomic E-state index is 14.4. The topological polar surface area (TPSA) is 145 Å². The summed E-state index contributed by atoms with van der Waals surface area (Å²) in [5.74, 6) is -1.00. The molecule has 3 heterocycles. The van der Waals surface area contributed by atoms with Crippen LogP contribution in [0.5, 0.6) is 0 Å². The molecule has 3 aliphatic rings. The number of carbonyl (C=O) groups excluding carboxylic acids is 2. The standard InChI is InChI=1S/C32H40Cl2N6O4/c1-19(8-11-24(34)36-4)32(29(35)42)25(20-6-5-7-21(33)16-20)26(39-31(32)14-12-30(2,3)13-15-31)27(41)38-22-9-10-23(43-17-22)28-40-37-18-44-28/h5-8,11,16,18,22-23,25-26,39H,4,9-10,12-15,17H2,1-3H3,(H2,35,42)(H,38,41)/b19-8+,24-11-/t22-,23+,25+,26-,32-/m1/s1. The van der Waals surface area contributed by atoms with Gasteiger partial charge in [0.1, 0.15) is 11.3 Å². The van der Waals surface area contributed by atoms with Crippen molar-refractivity contribution in [3.63, 3.8) is 0 Å². The maximum atomic E-state index is 14.4. The van der Waals surface area contributed by atoms with Gasteiger partial charge in [-0.2, -0.15) is 0 Å². The summed E-state index contributed by atoms with van der Waals surface area (Å²) in [7, 11) is 0. The highest BCUT2D eigenvalue weighted by Gasteiger charge is 2.69. The summed E-state index contributed by atoms with van der Waals surface area (Å²) in [5.41, 5.74) is 5.90. The van der Waals surface area contributed by atoms with Crippen LogP contribution in [0.1, 0.15) is 82.8 Å². The summed E-state index contributed by atoms with van der Waals surface area (Å²) in [4.78, 5) is 32.3. The first kappa shape index (κ1) is 32.3. The molecule has 4 N–H and O–H groups in total. The summed E-state index contributed by atoms with van der Waals surface area (Å²) >= 11 is 12.7. The molecule has 0 unspecified atom stereocenters. The summed E-state index contributed by atoms with van der Waals surface area (Å²) in [6.45, 7) is 10.1. The number of hydrogen-bond acceptors (Lipinski definition) is 8. The molecule has 2 aromatic rings. The zero-order chi connectivity index (χ0) is 31.7. The Balaban J connectivity index is 1.57. The second kappa shape index (κ2) is 12.7. The average Bonchev–Trinajstić information content (AvgIpc) is 3.64. The van der Waals surface area contributed by atoms with Gasteiger partial charge in [-0.1, -0.05) is 60.8 Å². The third kappa shape index (κ3) is 5.97. The van der Waals surface area contributed by atoms with E-state index in [2.05, 4.69) is 46.4 Å². The quantitative estimate of drug-likeness (QED) is 0.200. The zero-order valence-corrected chi connectivity index (χ0v) is 26.8. The molecule has 0 radical (unpaired) electrons. The predicted octanol–water partition coefficient (Wildman–Crippen LogP) is 5.35. The molecular weight excluding hydrogens is 603 g/mol. The van der Waals surface area contributed by atoms with Crippen molar-refractivity contribution in [1.29, 1.82) is 0 Å². The van der Waals surface area contributed by atoms with Gasteiger partial charge in [-0.3, -0.25) is 19.9 Å². The van der Waals surface area contributed by atoms with Crippen LogP contribution in [0.3, 0.4) is 0 Å². The monoisotopic (exact) mass is 642 g/mol. The van der Waals surface area contributed by atoms with Crippen molar-refractivity contribution in [2.45, 2.75) is 88.9 Å². The number of rotatable bonds is 8. The number of nitrogens with zero attached hydrogens (tertiary/aromatic N) is 3.